The Hall–Kier alpha value is -2.90. The lowest BCUT2D eigenvalue weighted by Gasteiger charge is -2.09. The molecule has 2 amide bonds. The molecular weight excluding hydrogens is 328 g/mol. The van der Waals surface area contributed by atoms with Crippen LogP contribution in [0.1, 0.15) is 15.9 Å². The van der Waals surface area contributed by atoms with Crippen molar-refractivity contribution in [2.75, 3.05) is 11.9 Å². The van der Waals surface area contributed by atoms with E-state index in [0.717, 1.165) is 30.3 Å². The van der Waals surface area contributed by atoms with Crippen molar-refractivity contribution in [3.63, 3.8) is 0 Å². The molecule has 0 aliphatic carbocycles. The number of nitrogens with one attached hydrogen (secondary N) is 2. The Morgan fingerprint density at radius 1 is 1.00 bits per heavy atom. The van der Waals surface area contributed by atoms with Crippen molar-refractivity contribution in [1.29, 1.82) is 0 Å². The molecule has 0 saturated heterocycles. The summed E-state index contributed by atoms with van der Waals surface area (Å²) in [5.74, 6) is -1.82. The van der Waals surface area contributed by atoms with Crippen molar-refractivity contribution >= 4 is 17.5 Å². The molecule has 8 heteroatoms. The summed E-state index contributed by atoms with van der Waals surface area (Å²) in [6.45, 7) is -0.406. The summed E-state index contributed by atoms with van der Waals surface area (Å²) in [6, 6.07) is 8.79. The lowest BCUT2D eigenvalue weighted by molar-refractivity contribution is -0.137. The van der Waals surface area contributed by atoms with E-state index in [9.17, 15) is 27.2 Å². The fourth-order valence-electron chi connectivity index (χ4n) is 1.84. The Labute approximate surface area is 134 Å². The predicted molar refractivity (Wildman–Crippen MR) is 78.8 cm³/mol. The standard InChI is InChI=1S/C16H12F4N2O2/c17-12-2-1-3-13(8-12)22-14(23)9-21-15(24)10-4-6-11(7-5-10)16(18,19)20/h1-8H,9H2,(H,21,24)(H,22,23). The van der Waals surface area contributed by atoms with Gasteiger partial charge >= 0.3 is 6.18 Å². The zero-order valence-corrected chi connectivity index (χ0v) is 12.2. The second-order valence-corrected chi connectivity index (χ2v) is 4.82. The van der Waals surface area contributed by atoms with Crippen LogP contribution < -0.4 is 10.6 Å². The summed E-state index contributed by atoms with van der Waals surface area (Å²) >= 11 is 0. The highest BCUT2D eigenvalue weighted by Gasteiger charge is 2.30. The van der Waals surface area contributed by atoms with Crippen molar-refractivity contribution in [3.8, 4) is 0 Å². The van der Waals surface area contributed by atoms with Gasteiger partial charge in [0.1, 0.15) is 5.82 Å². The minimum absolute atomic E-state index is 0.0124. The molecule has 0 unspecified atom stereocenters. The van der Waals surface area contributed by atoms with Crippen LogP contribution in [0.3, 0.4) is 0 Å². The van der Waals surface area contributed by atoms with Gasteiger partial charge < -0.3 is 10.6 Å². The monoisotopic (exact) mass is 340 g/mol. The van der Waals surface area contributed by atoms with Crippen molar-refractivity contribution in [2.24, 2.45) is 0 Å². The average Bonchev–Trinajstić information content (AvgIpc) is 2.52. The molecule has 0 spiro atoms. The topological polar surface area (TPSA) is 58.2 Å². The summed E-state index contributed by atoms with van der Waals surface area (Å²) in [5.41, 5.74) is -0.659. The molecule has 0 saturated carbocycles. The minimum Gasteiger partial charge on any atom is -0.343 e. The molecule has 0 aliphatic heterocycles. The highest BCUT2D eigenvalue weighted by atomic mass is 19.4. The quantitative estimate of drug-likeness (QED) is 0.840. The number of carbonyl (C=O) groups is 2. The Bertz CT molecular complexity index is 742. The van der Waals surface area contributed by atoms with Gasteiger partial charge in [0.15, 0.2) is 0 Å². The second kappa shape index (κ2) is 7.12. The fourth-order valence-corrected chi connectivity index (χ4v) is 1.84. The fraction of sp³-hybridized carbons (Fsp3) is 0.125. The van der Waals surface area contributed by atoms with Gasteiger partial charge in [-0.2, -0.15) is 13.2 Å². The number of halogens is 4. The molecule has 24 heavy (non-hydrogen) atoms. The normalized spacial score (nSPS) is 11.0. The van der Waals surface area contributed by atoms with Gasteiger partial charge in [0.2, 0.25) is 5.91 Å². The Balaban J connectivity index is 1.89. The number of anilines is 1. The molecule has 4 nitrogen and oxygen atoms in total. The van der Waals surface area contributed by atoms with E-state index in [0.29, 0.717) is 0 Å². The van der Waals surface area contributed by atoms with Gasteiger partial charge in [-0.3, -0.25) is 9.59 Å². The number of hydrogen-bond acceptors (Lipinski definition) is 2. The van der Waals surface area contributed by atoms with E-state index >= 15 is 0 Å². The van der Waals surface area contributed by atoms with Crippen LogP contribution in [0.5, 0.6) is 0 Å². The summed E-state index contributed by atoms with van der Waals surface area (Å²) in [7, 11) is 0. The number of hydrogen-bond donors (Lipinski definition) is 2. The third-order valence-corrected chi connectivity index (χ3v) is 2.99. The summed E-state index contributed by atoms with van der Waals surface area (Å²) in [4.78, 5) is 23.4. The van der Waals surface area contributed by atoms with Crippen molar-refractivity contribution < 1.29 is 27.2 Å². The van der Waals surface area contributed by atoms with Crippen LogP contribution in [-0.2, 0) is 11.0 Å². The molecule has 2 N–H and O–H groups in total. The summed E-state index contributed by atoms with van der Waals surface area (Å²) in [6.07, 6.45) is -4.49. The molecule has 0 aromatic heterocycles. The van der Waals surface area contributed by atoms with Gasteiger partial charge in [0.05, 0.1) is 12.1 Å². The highest BCUT2D eigenvalue weighted by Crippen LogP contribution is 2.29. The molecule has 0 atom stereocenters. The predicted octanol–water partition coefficient (Wildman–Crippen LogP) is 3.21. The molecule has 0 radical (unpaired) electrons. The third kappa shape index (κ3) is 4.80. The van der Waals surface area contributed by atoms with Crippen molar-refractivity contribution in [3.05, 3.63) is 65.5 Å². The van der Waals surface area contributed by atoms with Crippen LogP contribution in [0.4, 0.5) is 23.2 Å². The lowest BCUT2D eigenvalue weighted by atomic mass is 10.1. The van der Waals surface area contributed by atoms with Crippen LogP contribution in [0, 0.1) is 5.82 Å². The zero-order chi connectivity index (χ0) is 17.7. The van der Waals surface area contributed by atoms with E-state index in [2.05, 4.69) is 10.6 Å². The maximum Gasteiger partial charge on any atom is 0.416 e. The van der Waals surface area contributed by atoms with Crippen LogP contribution in [0.25, 0.3) is 0 Å². The maximum atomic E-state index is 13.0. The van der Waals surface area contributed by atoms with Crippen molar-refractivity contribution in [2.45, 2.75) is 6.18 Å². The first kappa shape index (κ1) is 17.5. The number of alkyl halides is 3. The first-order valence-corrected chi connectivity index (χ1v) is 6.76. The second-order valence-electron chi connectivity index (χ2n) is 4.82. The zero-order valence-electron chi connectivity index (χ0n) is 12.2. The maximum absolute atomic E-state index is 13.0. The van der Waals surface area contributed by atoms with Gasteiger partial charge in [0.25, 0.3) is 5.91 Å². The SMILES string of the molecule is O=C(CNC(=O)c1ccc(C(F)(F)F)cc1)Nc1cccc(F)c1. The number of benzene rings is 2. The Kier molecular flexibility index (Phi) is 5.18. The summed E-state index contributed by atoms with van der Waals surface area (Å²) < 4.78 is 50.3. The Morgan fingerprint density at radius 3 is 2.25 bits per heavy atom. The largest absolute Gasteiger partial charge is 0.416 e. The van der Waals surface area contributed by atoms with Crippen LogP contribution in [-0.4, -0.2) is 18.4 Å². The molecule has 126 valence electrons. The van der Waals surface area contributed by atoms with E-state index in [1.165, 1.54) is 18.2 Å². The van der Waals surface area contributed by atoms with Gasteiger partial charge in [-0.15, -0.1) is 0 Å². The smallest absolute Gasteiger partial charge is 0.343 e. The Morgan fingerprint density at radius 2 is 1.67 bits per heavy atom. The van der Waals surface area contributed by atoms with E-state index in [4.69, 9.17) is 0 Å². The van der Waals surface area contributed by atoms with E-state index in [1.54, 1.807) is 0 Å². The first-order valence-electron chi connectivity index (χ1n) is 6.76. The summed E-state index contributed by atoms with van der Waals surface area (Å²) in [5, 5.41) is 4.64. The molecule has 0 bridgehead atoms. The van der Waals surface area contributed by atoms with Gasteiger partial charge in [0, 0.05) is 11.3 Å². The van der Waals surface area contributed by atoms with E-state index < -0.39 is 35.9 Å². The van der Waals surface area contributed by atoms with Crippen molar-refractivity contribution in [1.82, 2.24) is 5.32 Å². The van der Waals surface area contributed by atoms with Crippen LogP contribution >= 0.6 is 0 Å². The highest BCUT2D eigenvalue weighted by molar-refractivity contribution is 5.99. The molecule has 2 aromatic rings. The third-order valence-electron chi connectivity index (χ3n) is 2.99. The van der Waals surface area contributed by atoms with E-state index in [1.807, 2.05) is 0 Å². The molecule has 2 aromatic carbocycles. The number of amides is 2. The molecule has 0 heterocycles. The van der Waals surface area contributed by atoms with Crippen LogP contribution in [0.2, 0.25) is 0 Å². The van der Waals surface area contributed by atoms with Crippen LogP contribution in [0.15, 0.2) is 48.5 Å². The molecule has 0 fully saturated rings. The number of carbonyl (C=O) groups excluding carboxylic acids is 2. The molecule has 0 aliphatic rings. The van der Waals surface area contributed by atoms with Gasteiger partial charge in [-0.05, 0) is 42.5 Å². The molecular formula is C16H12F4N2O2. The first-order chi connectivity index (χ1) is 11.3. The molecule has 2 rings (SSSR count). The van der Waals surface area contributed by atoms with E-state index in [-0.39, 0.29) is 11.3 Å². The van der Waals surface area contributed by atoms with Gasteiger partial charge in [-0.1, -0.05) is 6.07 Å². The number of rotatable bonds is 4. The average molecular weight is 340 g/mol. The lowest BCUT2D eigenvalue weighted by Crippen LogP contribution is -2.32. The van der Waals surface area contributed by atoms with Gasteiger partial charge in [-0.25, -0.2) is 4.39 Å². The minimum atomic E-state index is -4.49.